The van der Waals surface area contributed by atoms with E-state index >= 15 is 0 Å². The van der Waals surface area contributed by atoms with Gasteiger partial charge >= 0.3 is 0 Å². The van der Waals surface area contributed by atoms with Crippen molar-refractivity contribution >= 4 is 17.4 Å². The largest absolute Gasteiger partial charge is 0.437 e. The monoisotopic (exact) mass is 260 g/mol. The molecule has 2 heterocycles. The van der Waals surface area contributed by atoms with Gasteiger partial charge in [0.05, 0.1) is 5.02 Å². The van der Waals surface area contributed by atoms with Crippen LogP contribution in [0.1, 0.15) is 5.69 Å². The topological polar surface area (TPSA) is 52.3 Å². The molecule has 0 N–H and O–H groups in total. The predicted molar refractivity (Wildman–Crippen MR) is 67.0 cm³/mol. The van der Waals surface area contributed by atoms with Crippen LogP contribution in [0.4, 0.5) is 0 Å². The smallest absolute Gasteiger partial charge is 0.255 e. The highest BCUT2D eigenvalue weighted by molar-refractivity contribution is 6.32. The lowest BCUT2D eigenvalue weighted by molar-refractivity contribution is 0.445. The summed E-state index contributed by atoms with van der Waals surface area (Å²) in [7, 11) is 0. The van der Waals surface area contributed by atoms with Gasteiger partial charge in [0.25, 0.3) is 5.78 Å². The molecule has 0 saturated heterocycles. The van der Waals surface area contributed by atoms with Crippen molar-refractivity contribution in [2.45, 2.75) is 6.92 Å². The van der Waals surface area contributed by atoms with Gasteiger partial charge in [0.1, 0.15) is 12.1 Å². The molecule has 0 saturated carbocycles. The van der Waals surface area contributed by atoms with Crippen molar-refractivity contribution in [2.75, 3.05) is 0 Å². The molecule has 0 aliphatic rings. The Morgan fingerprint density at radius 3 is 2.94 bits per heavy atom. The van der Waals surface area contributed by atoms with Crippen molar-refractivity contribution in [3.8, 4) is 11.6 Å². The second kappa shape index (κ2) is 4.27. The number of para-hydroxylation sites is 1. The first-order valence-corrected chi connectivity index (χ1v) is 5.71. The summed E-state index contributed by atoms with van der Waals surface area (Å²) in [6.07, 6.45) is 1.43. The maximum absolute atomic E-state index is 6.05. The first kappa shape index (κ1) is 11.0. The summed E-state index contributed by atoms with van der Waals surface area (Å²) in [4.78, 5) is 8.27. The van der Waals surface area contributed by atoms with Crippen LogP contribution in [0.5, 0.6) is 11.6 Å². The number of hydrogen-bond acceptors (Lipinski definition) is 4. The summed E-state index contributed by atoms with van der Waals surface area (Å²) in [5, 5.41) is 4.60. The van der Waals surface area contributed by atoms with Crippen LogP contribution < -0.4 is 4.74 Å². The van der Waals surface area contributed by atoms with E-state index in [0.29, 0.717) is 22.4 Å². The minimum atomic E-state index is 0.497. The molecule has 0 unspecified atom stereocenters. The third kappa shape index (κ3) is 1.89. The number of ether oxygens (including phenoxy) is 1. The average Bonchev–Trinajstić information content (AvgIpc) is 2.80. The third-order valence-electron chi connectivity index (χ3n) is 2.40. The Labute approximate surface area is 108 Å². The molecule has 90 valence electrons. The maximum Gasteiger partial charge on any atom is 0.255 e. The van der Waals surface area contributed by atoms with E-state index < -0.39 is 0 Å². The molecule has 0 spiro atoms. The number of halogens is 1. The van der Waals surface area contributed by atoms with Crippen molar-refractivity contribution in [1.29, 1.82) is 0 Å². The number of fused-ring (bicyclic) bond motifs is 1. The number of hydrogen-bond donors (Lipinski definition) is 0. The Balaban J connectivity index is 2.10. The maximum atomic E-state index is 6.05. The van der Waals surface area contributed by atoms with Gasteiger partial charge in [-0.25, -0.2) is 4.98 Å². The van der Waals surface area contributed by atoms with E-state index in [2.05, 4.69) is 15.1 Å². The van der Waals surface area contributed by atoms with Gasteiger partial charge in [-0.3, -0.25) is 0 Å². The molecule has 18 heavy (non-hydrogen) atoms. The summed E-state index contributed by atoms with van der Waals surface area (Å²) in [5.74, 6) is 1.60. The molecule has 0 radical (unpaired) electrons. The van der Waals surface area contributed by atoms with Crippen LogP contribution in [0.3, 0.4) is 0 Å². The molecule has 3 rings (SSSR count). The van der Waals surface area contributed by atoms with Crippen LogP contribution in [0.2, 0.25) is 5.02 Å². The highest BCUT2D eigenvalue weighted by Gasteiger charge is 2.09. The molecular weight excluding hydrogens is 252 g/mol. The Bertz CT molecular complexity index is 710. The minimum absolute atomic E-state index is 0.497. The first-order chi connectivity index (χ1) is 8.74. The van der Waals surface area contributed by atoms with Gasteiger partial charge in [-0.15, -0.1) is 0 Å². The van der Waals surface area contributed by atoms with Crippen LogP contribution in [-0.4, -0.2) is 19.6 Å². The Morgan fingerprint density at radius 1 is 1.28 bits per heavy atom. The van der Waals surface area contributed by atoms with Gasteiger partial charge in [-0.2, -0.15) is 14.6 Å². The standard InChI is InChI=1S/C12H9ClN4O/c1-8-6-11(17-12(16-8)14-7-15-17)18-10-5-3-2-4-9(10)13/h2-7H,1H3. The minimum Gasteiger partial charge on any atom is -0.437 e. The van der Waals surface area contributed by atoms with Crippen LogP contribution >= 0.6 is 11.6 Å². The zero-order valence-corrected chi connectivity index (χ0v) is 10.3. The fourth-order valence-electron chi connectivity index (χ4n) is 1.61. The Hall–Kier alpha value is -2.14. The van der Waals surface area contributed by atoms with E-state index in [-0.39, 0.29) is 0 Å². The van der Waals surface area contributed by atoms with Gasteiger partial charge in [-0.1, -0.05) is 23.7 Å². The molecule has 2 aromatic heterocycles. The molecular formula is C12H9ClN4O. The first-order valence-electron chi connectivity index (χ1n) is 5.34. The van der Waals surface area contributed by atoms with E-state index in [4.69, 9.17) is 16.3 Å². The highest BCUT2D eigenvalue weighted by atomic mass is 35.5. The van der Waals surface area contributed by atoms with E-state index in [1.165, 1.54) is 10.8 Å². The second-order valence-electron chi connectivity index (χ2n) is 3.74. The molecule has 0 aliphatic carbocycles. The van der Waals surface area contributed by atoms with Crippen molar-refractivity contribution in [3.05, 3.63) is 47.4 Å². The number of aryl methyl sites for hydroxylation is 1. The lowest BCUT2D eigenvalue weighted by Crippen LogP contribution is -1.99. The molecule has 3 aromatic rings. The van der Waals surface area contributed by atoms with Gasteiger partial charge in [0, 0.05) is 11.8 Å². The van der Waals surface area contributed by atoms with E-state index in [1.807, 2.05) is 19.1 Å². The van der Waals surface area contributed by atoms with Crippen LogP contribution in [-0.2, 0) is 0 Å². The molecule has 6 heteroatoms. The fraction of sp³-hybridized carbons (Fsp3) is 0.0833. The Kier molecular flexibility index (Phi) is 2.60. The quantitative estimate of drug-likeness (QED) is 0.711. The zero-order valence-electron chi connectivity index (χ0n) is 9.54. The summed E-state index contributed by atoms with van der Waals surface area (Å²) in [6.45, 7) is 1.87. The number of benzene rings is 1. The van der Waals surface area contributed by atoms with Crippen molar-refractivity contribution < 1.29 is 4.74 Å². The lowest BCUT2D eigenvalue weighted by atomic mass is 10.3. The molecule has 0 atom stereocenters. The molecule has 0 fully saturated rings. The van der Waals surface area contributed by atoms with Gasteiger partial charge in [0.15, 0.2) is 0 Å². The van der Waals surface area contributed by atoms with Gasteiger partial charge < -0.3 is 4.74 Å². The van der Waals surface area contributed by atoms with Gasteiger partial charge in [-0.05, 0) is 19.1 Å². The summed E-state index contributed by atoms with van der Waals surface area (Å²) in [5.41, 5.74) is 0.803. The molecule has 5 nitrogen and oxygen atoms in total. The van der Waals surface area contributed by atoms with Crippen LogP contribution in [0, 0.1) is 6.92 Å². The van der Waals surface area contributed by atoms with Crippen molar-refractivity contribution in [2.24, 2.45) is 0 Å². The van der Waals surface area contributed by atoms with Gasteiger partial charge in [0.2, 0.25) is 5.88 Å². The molecule has 1 aromatic carbocycles. The zero-order chi connectivity index (χ0) is 12.5. The predicted octanol–water partition coefficient (Wildman–Crippen LogP) is 2.88. The normalized spacial score (nSPS) is 10.8. The Morgan fingerprint density at radius 2 is 2.11 bits per heavy atom. The van der Waals surface area contributed by atoms with E-state index in [1.54, 1.807) is 18.2 Å². The van der Waals surface area contributed by atoms with Crippen molar-refractivity contribution in [1.82, 2.24) is 19.6 Å². The molecule has 0 aliphatic heterocycles. The summed E-state index contributed by atoms with van der Waals surface area (Å²) >= 11 is 6.05. The summed E-state index contributed by atoms with van der Waals surface area (Å²) in [6, 6.07) is 9.04. The SMILES string of the molecule is Cc1cc(Oc2ccccc2Cl)n2ncnc2n1. The molecule has 0 bridgehead atoms. The van der Waals surface area contributed by atoms with Crippen molar-refractivity contribution in [3.63, 3.8) is 0 Å². The number of rotatable bonds is 2. The highest BCUT2D eigenvalue weighted by Crippen LogP contribution is 2.28. The lowest BCUT2D eigenvalue weighted by Gasteiger charge is -2.08. The summed E-state index contributed by atoms with van der Waals surface area (Å²) < 4.78 is 7.27. The van der Waals surface area contributed by atoms with E-state index in [9.17, 15) is 0 Å². The number of nitrogens with zero attached hydrogens (tertiary/aromatic N) is 4. The second-order valence-corrected chi connectivity index (χ2v) is 4.15. The van der Waals surface area contributed by atoms with E-state index in [0.717, 1.165) is 5.69 Å². The van der Waals surface area contributed by atoms with Crippen LogP contribution in [0.15, 0.2) is 36.7 Å². The molecule has 0 amide bonds. The number of aromatic nitrogens is 4. The van der Waals surface area contributed by atoms with Crippen LogP contribution in [0.25, 0.3) is 5.78 Å². The fourth-order valence-corrected chi connectivity index (χ4v) is 1.78. The third-order valence-corrected chi connectivity index (χ3v) is 2.71. The average molecular weight is 261 g/mol.